The Morgan fingerprint density at radius 3 is 2.29 bits per heavy atom. The van der Waals surface area contributed by atoms with E-state index in [1.807, 2.05) is 24.3 Å². The predicted molar refractivity (Wildman–Crippen MR) is 78.8 cm³/mol. The Balaban J connectivity index is 1.99. The zero-order valence-electron chi connectivity index (χ0n) is 11.4. The molecule has 1 saturated heterocycles. The molecular formula is C15H14N4O2. The first-order chi connectivity index (χ1) is 10.2. The number of rotatable bonds is 2. The first kappa shape index (κ1) is 13.2. The van der Waals surface area contributed by atoms with Gasteiger partial charge in [0.15, 0.2) is 0 Å². The number of benzene rings is 1. The molecule has 0 radical (unpaired) electrons. The molecule has 0 spiro atoms. The third kappa shape index (κ3) is 2.46. The summed E-state index contributed by atoms with van der Waals surface area (Å²) >= 11 is 0. The number of hydrogen-bond donors (Lipinski definition) is 1. The molecule has 6 nitrogen and oxygen atoms in total. The topological polar surface area (TPSA) is 81.9 Å². The van der Waals surface area contributed by atoms with Gasteiger partial charge in [-0.05, 0) is 37.1 Å². The average Bonchev–Trinajstić information content (AvgIpc) is 3.02. The Bertz CT molecular complexity index is 805. The number of anilines is 1. The minimum atomic E-state index is -0.660. The van der Waals surface area contributed by atoms with Gasteiger partial charge in [0, 0.05) is 25.0 Å². The van der Waals surface area contributed by atoms with Crippen molar-refractivity contribution in [3.8, 4) is 11.8 Å². The Hall–Kier alpha value is -2.81. The second-order valence-electron chi connectivity index (χ2n) is 4.99. The normalized spacial score (nSPS) is 14.1. The van der Waals surface area contributed by atoms with E-state index < -0.39 is 11.2 Å². The van der Waals surface area contributed by atoms with Gasteiger partial charge in [-0.15, -0.1) is 0 Å². The fourth-order valence-electron chi connectivity index (χ4n) is 2.54. The first-order valence-corrected chi connectivity index (χ1v) is 6.80. The van der Waals surface area contributed by atoms with Gasteiger partial charge in [-0.2, -0.15) is 5.26 Å². The molecule has 1 aliphatic heterocycles. The number of nitrogens with one attached hydrogen (secondary N) is 1. The fraction of sp³-hybridized carbons (Fsp3) is 0.267. The summed E-state index contributed by atoms with van der Waals surface area (Å²) in [6.07, 6.45) is 3.67. The number of H-pyrrole nitrogens is 1. The highest BCUT2D eigenvalue weighted by molar-refractivity contribution is 5.51. The molecule has 2 aromatic rings. The number of aromatic amines is 1. The molecule has 2 heterocycles. The minimum Gasteiger partial charge on any atom is -0.372 e. The standard InChI is InChI=1S/C15H14N4O2/c16-9-11-10-19(15(21)17-14(11)20)13-5-3-12(4-6-13)18-7-1-2-8-18/h3-6,10H,1-2,7-8H2,(H,17,20,21). The van der Waals surface area contributed by atoms with E-state index in [0.717, 1.165) is 18.8 Å². The first-order valence-electron chi connectivity index (χ1n) is 6.80. The SMILES string of the molecule is N#Cc1cn(-c2ccc(N3CCCC3)cc2)c(=O)[nH]c1=O. The molecule has 0 atom stereocenters. The zero-order chi connectivity index (χ0) is 14.8. The number of nitrogens with zero attached hydrogens (tertiary/aromatic N) is 3. The molecule has 1 aromatic heterocycles. The van der Waals surface area contributed by atoms with Gasteiger partial charge in [0.05, 0.1) is 5.69 Å². The molecule has 1 aliphatic rings. The van der Waals surface area contributed by atoms with E-state index in [1.165, 1.54) is 23.6 Å². The van der Waals surface area contributed by atoms with E-state index in [1.54, 1.807) is 6.07 Å². The van der Waals surface area contributed by atoms with E-state index >= 15 is 0 Å². The smallest absolute Gasteiger partial charge is 0.332 e. The van der Waals surface area contributed by atoms with Crippen molar-refractivity contribution in [2.75, 3.05) is 18.0 Å². The van der Waals surface area contributed by atoms with Gasteiger partial charge >= 0.3 is 5.69 Å². The molecule has 0 bridgehead atoms. The van der Waals surface area contributed by atoms with Gasteiger partial charge in [-0.1, -0.05) is 0 Å². The van der Waals surface area contributed by atoms with Gasteiger partial charge in [0.25, 0.3) is 5.56 Å². The molecule has 21 heavy (non-hydrogen) atoms. The van der Waals surface area contributed by atoms with Crippen LogP contribution in [0.4, 0.5) is 5.69 Å². The Morgan fingerprint density at radius 2 is 1.67 bits per heavy atom. The van der Waals surface area contributed by atoms with Gasteiger partial charge in [0.1, 0.15) is 11.6 Å². The predicted octanol–water partition coefficient (Wildman–Crippen LogP) is 0.998. The summed E-state index contributed by atoms with van der Waals surface area (Å²) in [6, 6.07) is 9.30. The summed E-state index contributed by atoms with van der Waals surface area (Å²) < 4.78 is 1.27. The maximum absolute atomic E-state index is 11.8. The van der Waals surface area contributed by atoms with Crippen LogP contribution in [0, 0.1) is 11.3 Å². The van der Waals surface area contributed by atoms with Crippen LogP contribution in [-0.2, 0) is 0 Å². The second-order valence-corrected chi connectivity index (χ2v) is 4.99. The van der Waals surface area contributed by atoms with Gasteiger partial charge < -0.3 is 4.90 Å². The van der Waals surface area contributed by atoms with Gasteiger partial charge in [0.2, 0.25) is 0 Å². The van der Waals surface area contributed by atoms with Crippen molar-refractivity contribution < 1.29 is 0 Å². The van der Waals surface area contributed by atoms with E-state index in [0.29, 0.717) is 5.69 Å². The molecule has 1 N–H and O–H groups in total. The molecule has 6 heteroatoms. The lowest BCUT2D eigenvalue weighted by molar-refractivity contribution is 0.888. The quantitative estimate of drug-likeness (QED) is 0.890. The molecule has 0 saturated carbocycles. The van der Waals surface area contributed by atoms with Gasteiger partial charge in [-0.25, -0.2) is 4.79 Å². The molecule has 0 aliphatic carbocycles. The van der Waals surface area contributed by atoms with Crippen molar-refractivity contribution in [1.82, 2.24) is 9.55 Å². The largest absolute Gasteiger partial charge is 0.372 e. The van der Waals surface area contributed by atoms with Crippen LogP contribution < -0.4 is 16.1 Å². The lowest BCUT2D eigenvalue weighted by Crippen LogP contribution is -2.30. The van der Waals surface area contributed by atoms with Crippen LogP contribution in [-0.4, -0.2) is 22.6 Å². The van der Waals surface area contributed by atoms with Crippen molar-refractivity contribution >= 4 is 5.69 Å². The van der Waals surface area contributed by atoms with E-state index in [4.69, 9.17) is 5.26 Å². The number of nitriles is 1. The van der Waals surface area contributed by atoms with Crippen molar-refractivity contribution in [3.05, 3.63) is 56.9 Å². The number of hydrogen-bond acceptors (Lipinski definition) is 4. The lowest BCUT2D eigenvalue weighted by Gasteiger charge is -2.17. The molecule has 1 aromatic carbocycles. The maximum atomic E-state index is 11.8. The third-order valence-electron chi connectivity index (χ3n) is 3.66. The molecule has 0 amide bonds. The van der Waals surface area contributed by atoms with Crippen LogP contribution in [0.5, 0.6) is 0 Å². The third-order valence-corrected chi connectivity index (χ3v) is 3.66. The summed E-state index contributed by atoms with van der Waals surface area (Å²) in [5.41, 5.74) is 0.448. The summed E-state index contributed by atoms with van der Waals surface area (Å²) in [5, 5.41) is 8.88. The van der Waals surface area contributed by atoms with Crippen LogP contribution in [0.3, 0.4) is 0 Å². The van der Waals surface area contributed by atoms with Crippen LogP contribution in [0.1, 0.15) is 18.4 Å². The van der Waals surface area contributed by atoms with E-state index in [-0.39, 0.29) is 5.56 Å². The van der Waals surface area contributed by atoms with Gasteiger partial charge in [-0.3, -0.25) is 14.3 Å². The average molecular weight is 282 g/mol. The summed E-state index contributed by atoms with van der Waals surface area (Å²) in [6.45, 7) is 2.10. The van der Waals surface area contributed by atoms with Crippen LogP contribution in [0.25, 0.3) is 5.69 Å². The van der Waals surface area contributed by atoms with E-state index in [2.05, 4.69) is 9.88 Å². The Kier molecular flexibility index (Phi) is 3.32. The highest BCUT2D eigenvalue weighted by atomic mass is 16.2. The minimum absolute atomic E-state index is 0.0850. The number of aromatic nitrogens is 2. The van der Waals surface area contributed by atoms with Crippen molar-refractivity contribution in [2.24, 2.45) is 0 Å². The van der Waals surface area contributed by atoms with Crippen LogP contribution in [0.15, 0.2) is 40.1 Å². The van der Waals surface area contributed by atoms with E-state index in [9.17, 15) is 9.59 Å². The van der Waals surface area contributed by atoms with Crippen molar-refractivity contribution in [3.63, 3.8) is 0 Å². The Morgan fingerprint density at radius 1 is 1.05 bits per heavy atom. The molecule has 106 valence electrons. The molecule has 0 unspecified atom stereocenters. The Labute approximate surface area is 120 Å². The fourth-order valence-corrected chi connectivity index (χ4v) is 2.54. The van der Waals surface area contributed by atoms with Crippen molar-refractivity contribution in [2.45, 2.75) is 12.8 Å². The zero-order valence-corrected chi connectivity index (χ0v) is 11.4. The van der Waals surface area contributed by atoms with Crippen LogP contribution >= 0.6 is 0 Å². The summed E-state index contributed by atoms with van der Waals surface area (Å²) in [5.74, 6) is 0. The summed E-state index contributed by atoms with van der Waals surface area (Å²) in [4.78, 5) is 27.7. The highest BCUT2D eigenvalue weighted by Crippen LogP contribution is 2.21. The monoisotopic (exact) mass is 282 g/mol. The maximum Gasteiger partial charge on any atom is 0.332 e. The molecular weight excluding hydrogens is 268 g/mol. The molecule has 3 rings (SSSR count). The summed E-state index contributed by atoms with van der Waals surface area (Å²) in [7, 11) is 0. The highest BCUT2D eigenvalue weighted by Gasteiger charge is 2.12. The second kappa shape index (κ2) is 5.29. The van der Waals surface area contributed by atoms with Crippen LogP contribution in [0.2, 0.25) is 0 Å². The van der Waals surface area contributed by atoms with Crippen molar-refractivity contribution in [1.29, 1.82) is 5.26 Å². The molecule has 1 fully saturated rings. The lowest BCUT2D eigenvalue weighted by atomic mass is 10.2.